The Balaban J connectivity index is 1.96. The molecule has 1 aliphatic rings. The van der Waals surface area contributed by atoms with E-state index in [4.69, 9.17) is 4.74 Å². The highest BCUT2D eigenvalue weighted by molar-refractivity contribution is 9.10. The van der Waals surface area contributed by atoms with E-state index in [9.17, 15) is 9.18 Å². The van der Waals surface area contributed by atoms with E-state index in [0.29, 0.717) is 11.1 Å². The summed E-state index contributed by atoms with van der Waals surface area (Å²) in [5, 5.41) is 0. The maximum Gasteiger partial charge on any atom is 0.171 e. The van der Waals surface area contributed by atoms with Gasteiger partial charge in [0.25, 0.3) is 0 Å². The van der Waals surface area contributed by atoms with Crippen molar-refractivity contribution in [2.24, 2.45) is 0 Å². The van der Waals surface area contributed by atoms with E-state index >= 15 is 0 Å². The lowest BCUT2D eigenvalue weighted by Crippen LogP contribution is -2.08. The summed E-state index contributed by atoms with van der Waals surface area (Å²) in [5.41, 5.74) is 1.96. The van der Waals surface area contributed by atoms with Gasteiger partial charge in [-0.15, -0.1) is 0 Å². The number of carbonyl (C=O) groups excluding carboxylic acids is 1. The predicted molar refractivity (Wildman–Crippen MR) is 85.5 cm³/mol. The Labute approximate surface area is 138 Å². The second kappa shape index (κ2) is 5.89. The fourth-order valence-electron chi connectivity index (χ4n) is 2.50. The van der Waals surface area contributed by atoms with Crippen LogP contribution in [0.3, 0.4) is 0 Å². The first-order valence-electron chi connectivity index (χ1n) is 6.47. The van der Waals surface area contributed by atoms with Gasteiger partial charge in [-0.05, 0) is 45.8 Å². The summed E-state index contributed by atoms with van der Waals surface area (Å²) in [6.45, 7) is 0.621. The SMILES string of the molecule is O=C(Cc1cc(Br)cc2c1OCC2)c1c(F)cccc1Br. The summed E-state index contributed by atoms with van der Waals surface area (Å²) in [5.74, 6) is -0.0169. The van der Waals surface area contributed by atoms with Crippen LogP contribution in [0.25, 0.3) is 0 Å². The van der Waals surface area contributed by atoms with Crippen LogP contribution in [0.5, 0.6) is 5.75 Å². The van der Waals surface area contributed by atoms with Gasteiger partial charge in [0, 0.05) is 27.4 Å². The Hall–Kier alpha value is -1.20. The third kappa shape index (κ3) is 2.90. The Kier molecular flexibility index (Phi) is 4.13. The Morgan fingerprint density at radius 2 is 2.10 bits per heavy atom. The maximum atomic E-state index is 13.9. The first-order chi connectivity index (χ1) is 10.1. The van der Waals surface area contributed by atoms with E-state index in [0.717, 1.165) is 27.8 Å². The summed E-state index contributed by atoms with van der Waals surface area (Å²) >= 11 is 6.68. The Morgan fingerprint density at radius 1 is 1.29 bits per heavy atom. The summed E-state index contributed by atoms with van der Waals surface area (Å²) in [6.07, 6.45) is 0.945. The molecule has 0 N–H and O–H groups in total. The van der Waals surface area contributed by atoms with Crippen molar-refractivity contribution < 1.29 is 13.9 Å². The highest BCUT2D eigenvalue weighted by Crippen LogP contribution is 2.34. The molecule has 0 amide bonds. The van der Waals surface area contributed by atoms with Gasteiger partial charge in [-0.1, -0.05) is 22.0 Å². The standard InChI is InChI=1S/C16H11Br2FO2/c17-11-6-9-4-5-21-16(9)10(7-11)8-14(20)15-12(18)2-1-3-13(15)19/h1-3,6-7H,4-5,8H2. The first-order valence-corrected chi connectivity index (χ1v) is 8.06. The smallest absolute Gasteiger partial charge is 0.171 e. The van der Waals surface area contributed by atoms with Crippen LogP contribution in [0.2, 0.25) is 0 Å². The van der Waals surface area contributed by atoms with Crippen LogP contribution in [-0.2, 0) is 12.8 Å². The van der Waals surface area contributed by atoms with Crippen LogP contribution in [0, 0.1) is 5.82 Å². The molecular formula is C16H11Br2FO2. The van der Waals surface area contributed by atoms with E-state index < -0.39 is 5.82 Å². The zero-order valence-electron chi connectivity index (χ0n) is 11.0. The fraction of sp³-hybridized carbons (Fsp3) is 0.188. The molecule has 0 unspecified atom stereocenters. The Bertz CT molecular complexity index is 708. The highest BCUT2D eigenvalue weighted by atomic mass is 79.9. The molecule has 1 heterocycles. The highest BCUT2D eigenvalue weighted by Gasteiger charge is 2.22. The molecule has 0 saturated heterocycles. The second-order valence-electron chi connectivity index (χ2n) is 4.85. The summed E-state index contributed by atoms with van der Waals surface area (Å²) in [4.78, 5) is 12.4. The van der Waals surface area contributed by atoms with Crippen molar-refractivity contribution in [1.29, 1.82) is 0 Å². The molecule has 2 nitrogen and oxygen atoms in total. The minimum Gasteiger partial charge on any atom is -0.493 e. The molecule has 3 rings (SSSR count). The van der Waals surface area contributed by atoms with Crippen molar-refractivity contribution in [3.63, 3.8) is 0 Å². The molecule has 5 heteroatoms. The molecule has 21 heavy (non-hydrogen) atoms. The number of ether oxygens (including phenoxy) is 1. The van der Waals surface area contributed by atoms with Gasteiger partial charge in [0.1, 0.15) is 11.6 Å². The number of hydrogen-bond donors (Lipinski definition) is 0. The Morgan fingerprint density at radius 3 is 2.86 bits per heavy atom. The van der Waals surface area contributed by atoms with Crippen LogP contribution < -0.4 is 4.74 Å². The molecule has 0 aromatic heterocycles. The molecule has 108 valence electrons. The minimum absolute atomic E-state index is 0.0872. The summed E-state index contributed by atoms with van der Waals surface area (Å²) < 4.78 is 20.8. The number of ketones is 1. The van der Waals surface area contributed by atoms with Gasteiger partial charge >= 0.3 is 0 Å². The second-order valence-corrected chi connectivity index (χ2v) is 6.62. The average Bonchev–Trinajstić information content (AvgIpc) is 2.86. The maximum absolute atomic E-state index is 13.9. The monoisotopic (exact) mass is 412 g/mol. The van der Waals surface area contributed by atoms with Gasteiger partial charge in [-0.25, -0.2) is 4.39 Å². The number of fused-ring (bicyclic) bond motifs is 1. The molecule has 2 aromatic carbocycles. The summed E-state index contributed by atoms with van der Waals surface area (Å²) in [7, 11) is 0. The van der Waals surface area contributed by atoms with Crippen molar-refractivity contribution in [3.8, 4) is 5.75 Å². The van der Waals surface area contributed by atoms with Gasteiger partial charge in [0.05, 0.1) is 12.2 Å². The zero-order valence-corrected chi connectivity index (χ0v) is 14.1. The number of halogens is 3. The van der Waals surface area contributed by atoms with Crippen LogP contribution in [0.1, 0.15) is 21.5 Å². The van der Waals surface area contributed by atoms with E-state index in [1.165, 1.54) is 6.07 Å². The van der Waals surface area contributed by atoms with Crippen LogP contribution in [-0.4, -0.2) is 12.4 Å². The topological polar surface area (TPSA) is 26.3 Å². The van der Waals surface area contributed by atoms with Gasteiger partial charge in [0.15, 0.2) is 5.78 Å². The van der Waals surface area contributed by atoms with Gasteiger partial charge in [0.2, 0.25) is 0 Å². The van der Waals surface area contributed by atoms with Crippen molar-refractivity contribution in [2.45, 2.75) is 12.8 Å². The van der Waals surface area contributed by atoms with Gasteiger partial charge in [-0.3, -0.25) is 4.79 Å². The lowest BCUT2D eigenvalue weighted by Gasteiger charge is -2.10. The number of hydrogen-bond acceptors (Lipinski definition) is 2. The van der Waals surface area contributed by atoms with Gasteiger partial charge in [-0.2, -0.15) is 0 Å². The lowest BCUT2D eigenvalue weighted by atomic mass is 10.00. The summed E-state index contributed by atoms with van der Waals surface area (Å²) in [6, 6.07) is 8.38. The van der Waals surface area contributed by atoms with Gasteiger partial charge < -0.3 is 4.74 Å². The molecule has 0 spiro atoms. The third-order valence-electron chi connectivity index (χ3n) is 3.42. The molecule has 0 saturated carbocycles. The normalized spacial score (nSPS) is 12.9. The number of benzene rings is 2. The molecule has 1 aliphatic heterocycles. The molecule has 0 atom stereocenters. The molecule has 0 aliphatic carbocycles. The van der Waals surface area contributed by atoms with Crippen LogP contribution >= 0.6 is 31.9 Å². The molecule has 0 fully saturated rings. The van der Waals surface area contributed by atoms with Crippen LogP contribution in [0.4, 0.5) is 4.39 Å². The molecular weight excluding hydrogens is 403 g/mol. The van der Waals surface area contributed by atoms with Crippen molar-refractivity contribution in [2.75, 3.05) is 6.61 Å². The predicted octanol–water partition coefficient (Wildman–Crippen LogP) is 4.71. The number of rotatable bonds is 3. The van der Waals surface area contributed by atoms with E-state index in [1.54, 1.807) is 12.1 Å². The fourth-order valence-corrected chi connectivity index (χ4v) is 3.62. The quantitative estimate of drug-likeness (QED) is 0.681. The van der Waals surface area contributed by atoms with Crippen molar-refractivity contribution in [1.82, 2.24) is 0 Å². The molecule has 0 bridgehead atoms. The van der Waals surface area contributed by atoms with E-state index in [-0.39, 0.29) is 17.8 Å². The molecule has 2 aromatic rings. The van der Waals surface area contributed by atoms with E-state index in [2.05, 4.69) is 31.9 Å². The number of carbonyl (C=O) groups is 1. The number of Topliss-reactive ketones (excluding diaryl/α,β-unsaturated/α-hetero) is 1. The minimum atomic E-state index is -0.512. The largest absolute Gasteiger partial charge is 0.493 e. The van der Waals surface area contributed by atoms with Crippen molar-refractivity contribution >= 4 is 37.6 Å². The van der Waals surface area contributed by atoms with Crippen LogP contribution in [0.15, 0.2) is 39.3 Å². The van der Waals surface area contributed by atoms with E-state index in [1.807, 2.05) is 12.1 Å². The zero-order chi connectivity index (χ0) is 15.0. The molecule has 0 radical (unpaired) electrons. The third-order valence-corrected chi connectivity index (χ3v) is 4.54. The van der Waals surface area contributed by atoms with Crippen molar-refractivity contribution in [3.05, 3.63) is 61.8 Å². The first kappa shape index (κ1) is 14.7. The lowest BCUT2D eigenvalue weighted by molar-refractivity contribution is 0.0987. The average molecular weight is 414 g/mol.